The van der Waals surface area contributed by atoms with E-state index < -0.39 is 15.8 Å². The Morgan fingerprint density at radius 3 is 2.48 bits per heavy atom. The number of halogens is 1. The molecule has 1 saturated heterocycles. The number of sulfonamides is 1. The Balaban J connectivity index is 1.50. The molecule has 5 nitrogen and oxygen atoms in total. The van der Waals surface area contributed by atoms with Gasteiger partial charge >= 0.3 is 0 Å². The molecule has 1 N–H and O–H groups in total. The van der Waals surface area contributed by atoms with E-state index in [4.69, 9.17) is 0 Å². The maximum absolute atomic E-state index is 13.0. The second kappa shape index (κ2) is 8.14. The molecule has 0 radical (unpaired) electrons. The molecule has 154 valence electrons. The van der Waals surface area contributed by atoms with Gasteiger partial charge in [0.25, 0.3) is 15.9 Å². The van der Waals surface area contributed by atoms with E-state index in [1.54, 1.807) is 12.1 Å². The van der Waals surface area contributed by atoms with Crippen LogP contribution in [0.2, 0.25) is 0 Å². The molecule has 7 heteroatoms. The van der Waals surface area contributed by atoms with Crippen LogP contribution in [0.5, 0.6) is 0 Å². The average Bonchev–Trinajstić information content (AvgIpc) is 2.74. The third kappa shape index (κ3) is 4.45. The van der Waals surface area contributed by atoms with Gasteiger partial charge in [-0.15, -0.1) is 0 Å². The summed E-state index contributed by atoms with van der Waals surface area (Å²) in [6, 6.07) is 11.2. The molecule has 2 aromatic carbocycles. The third-order valence-corrected chi connectivity index (χ3v) is 7.45. The van der Waals surface area contributed by atoms with Crippen LogP contribution in [0.1, 0.15) is 42.5 Å². The zero-order valence-electron chi connectivity index (χ0n) is 16.2. The zero-order valence-corrected chi connectivity index (χ0v) is 17.0. The van der Waals surface area contributed by atoms with Crippen molar-refractivity contribution in [2.45, 2.75) is 37.0 Å². The molecule has 0 spiro atoms. The van der Waals surface area contributed by atoms with Crippen LogP contribution >= 0.6 is 0 Å². The number of fused-ring (bicyclic) bond motifs is 1. The molecule has 2 aromatic rings. The molecule has 2 aliphatic rings. The normalized spacial score (nSPS) is 22.0. The summed E-state index contributed by atoms with van der Waals surface area (Å²) in [5.41, 5.74) is 0.642. The predicted octanol–water partition coefficient (Wildman–Crippen LogP) is 4.28. The Morgan fingerprint density at radius 1 is 1.00 bits per heavy atom. The highest BCUT2D eigenvalue weighted by atomic mass is 32.2. The number of piperidine rings is 1. The van der Waals surface area contributed by atoms with Gasteiger partial charge in [0.2, 0.25) is 0 Å². The van der Waals surface area contributed by atoms with Crippen molar-refractivity contribution in [3.05, 3.63) is 59.9 Å². The lowest BCUT2D eigenvalue weighted by atomic mass is 9.75. The molecular weight excluding hydrogens is 391 g/mol. The van der Waals surface area contributed by atoms with E-state index in [-0.39, 0.29) is 16.5 Å². The van der Waals surface area contributed by atoms with E-state index >= 15 is 0 Å². The minimum atomic E-state index is -3.88. The van der Waals surface area contributed by atoms with Crippen LogP contribution in [0.3, 0.4) is 0 Å². The van der Waals surface area contributed by atoms with Gasteiger partial charge in [-0.3, -0.25) is 9.52 Å². The van der Waals surface area contributed by atoms with Crippen molar-refractivity contribution < 1.29 is 17.6 Å². The van der Waals surface area contributed by atoms with E-state index in [0.29, 0.717) is 11.5 Å². The second-order valence-corrected chi connectivity index (χ2v) is 9.67. The average molecular weight is 417 g/mol. The molecule has 2 fully saturated rings. The number of carbonyl (C=O) groups is 1. The number of carbonyl (C=O) groups excluding carboxylic acids is 1. The Labute approximate surface area is 171 Å². The molecular formula is C22H25FN2O3S. The SMILES string of the molecule is O=C(c1cccc(S(=O)(=O)Nc2ccc(F)cc2)c1)N1CC[C@@H]2CCCC[C@@H]2C1. The van der Waals surface area contributed by atoms with Crippen molar-refractivity contribution in [2.75, 3.05) is 17.8 Å². The molecule has 1 aliphatic heterocycles. The van der Waals surface area contributed by atoms with Crippen LogP contribution in [0.25, 0.3) is 0 Å². The van der Waals surface area contributed by atoms with Gasteiger partial charge in [0.05, 0.1) is 4.90 Å². The molecule has 29 heavy (non-hydrogen) atoms. The number of nitrogens with zero attached hydrogens (tertiary/aromatic N) is 1. The smallest absolute Gasteiger partial charge is 0.261 e. The van der Waals surface area contributed by atoms with E-state index in [2.05, 4.69) is 4.72 Å². The molecule has 0 aromatic heterocycles. The van der Waals surface area contributed by atoms with Crippen molar-refractivity contribution in [1.82, 2.24) is 4.90 Å². The number of hydrogen-bond acceptors (Lipinski definition) is 3. The van der Waals surface area contributed by atoms with Gasteiger partial charge in [0.15, 0.2) is 0 Å². The highest BCUT2D eigenvalue weighted by Crippen LogP contribution is 2.36. The second-order valence-electron chi connectivity index (χ2n) is 7.98. The van der Waals surface area contributed by atoms with Crippen molar-refractivity contribution in [3.8, 4) is 0 Å². The maximum atomic E-state index is 13.0. The summed E-state index contributed by atoms with van der Waals surface area (Å²) in [7, 11) is -3.88. The summed E-state index contributed by atoms with van der Waals surface area (Å²) in [5.74, 6) is 0.725. The summed E-state index contributed by atoms with van der Waals surface area (Å²) in [4.78, 5) is 14.9. The number of nitrogens with one attached hydrogen (secondary N) is 1. The number of likely N-dealkylation sites (tertiary alicyclic amines) is 1. The summed E-state index contributed by atoms with van der Waals surface area (Å²) in [5, 5.41) is 0. The first-order valence-electron chi connectivity index (χ1n) is 10.1. The highest BCUT2D eigenvalue weighted by Gasteiger charge is 2.33. The lowest BCUT2D eigenvalue weighted by Crippen LogP contribution is -2.44. The largest absolute Gasteiger partial charge is 0.338 e. The number of hydrogen-bond donors (Lipinski definition) is 1. The predicted molar refractivity (Wildman–Crippen MR) is 110 cm³/mol. The van der Waals surface area contributed by atoms with Gasteiger partial charge in [-0.2, -0.15) is 0 Å². The fraction of sp³-hybridized carbons (Fsp3) is 0.409. The quantitative estimate of drug-likeness (QED) is 0.809. The van der Waals surface area contributed by atoms with Gasteiger partial charge in [-0.1, -0.05) is 25.3 Å². The standard InChI is InChI=1S/C22H25FN2O3S/c23-19-8-10-20(11-9-19)24-29(27,28)21-7-3-6-17(14-21)22(26)25-13-12-16-4-1-2-5-18(16)15-25/h3,6-11,14,16,18,24H,1-2,4-5,12-13,15H2/t16-,18+/m0/s1. The number of amides is 1. The maximum Gasteiger partial charge on any atom is 0.261 e. The van der Waals surface area contributed by atoms with Crippen LogP contribution in [-0.4, -0.2) is 32.3 Å². The van der Waals surface area contributed by atoms with Crippen LogP contribution in [0.4, 0.5) is 10.1 Å². The van der Waals surface area contributed by atoms with E-state index in [9.17, 15) is 17.6 Å². The monoisotopic (exact) mass is 416 g/mol. The number of anilines is 1. The first-order chi connectivity index (χ1) is 13.9. The van der Waals surface area contributed by atoms with Crippen LogP contribution in [0.15, 0.2) is 53.4 Å². The fourth-order valence-electron chi connectivity index (χ4n) is 4.50. The Hall–Kier alpha value is -2.41. The van der Waals surface area contributed by atoms with Crippen molar-refractivity contribution in [2.24, 2.45) is 11.8 Å². The fourth-order valence-corrected chi connectivity index (χ4v) is 5.60. The molecule has 0 bridgehead atoms. The van der Waals surface area contributed by atoms with Gasteiger partial charge in [0.1, 0.15) is 5.82 Å². The van der Waals surface area contributed by atoms with E-state index in [1.807, 2.05) is 4.90 Å². The van der Waals surface area contributed by atoms with Crippen LogP contribution in [-0.2, 0) is 10.0 Å². The number of rotatable bonds is 4. The van der Waals surface area contributed by atoms with E-state index in [0.717, 1.165) is 25.4 Å². The Bertz CT molecular complexity index is 991. The lowest BCUT2D eigenvalue weighted by Gasteiger charge is -2.41. The molecule has 1 aliphatic carbocycles. The zero-order chi connectivity index (χ0) is 20.4. The minimum absolute atomic E-state index is 0.0141. The van der Waals surface area contributed by atoms with Crippen LogP contribution < -0.4 is 4.72 Å². The topological polar surface area (TPSA) is 66.5 Å². The van der Waals surface area contributed by atoms with Crippen molar-refractivity contribution in [1.29, 1.82) is 0 Å². The van der Waals surface area contributed by atoms with E-state index in [1.165, 1.54) is 62.1 Å². The van der Waals surface area contributed by atoms with Gasteiger partial charge in [-0.25, -0.2) is 12.8 Å². The molecule has 0 unspecified atom stereocenters. The number of benzene rings is 2. The lowest BCUT2D eigenvalue weighted by molar-refractivity contribution is 0.0520. The van der Waals surface area contributed by atoms with Gasteiger partial charge in [-0.05, 0) is 67.1 Å². The van der Waals surface area contributed by atoms with Crippen LogP contribution in [0, 0.1) is 17.7 Å². The molecule has 1 saturated carbocycles. The Kier molecular flexibility index (Phi) is 5.58. The van der Waals surface area contributed by atoms with Gasteiger partial charge in [0, 0.05) is 24.3 Å². The molecule has 1 heterocycles. The van der Waals surface area contributed by atoms with Gasteiger partial charge < -0.3 is 4.90 Å². The first kappa shape index (κ1) is 19.9. The summed E-state index contributed by atoms with van der Waals surface area (Å²) in [6.07, 6.45) is 5.97. The summed E-state index contributed by atoms with van der Waals surface area (Å²) >= 11 is 0. The molecule has 4 rings (SSSR count). The molecule has 1 amide bonds. The summed E-state index contributed by atoms with van der Waals surface area (Å²) in [6.45, 7) is 1.49. The van der Waals surface area contributed by atoms with Crippen molar-refractivity contribution in [3.63, 3.8) is 0 Å². The first-order valence-corrected chi connectivity index (χ1v) is 11.6. The summed E-state index contributed by atoms with van der Waals surface area (Å²) < 4.78 is 40.9. The Morgan fingerprint density at radius 2 is 1.72 bits per heavy atom. The third-order valence-electron chi connectivity index (χ3n) is 6.07. The minimum Gasteiger partial charge on any atom is -0.338 e. The highest BCUT2D eigenvalue weighted by molar-refractivity contribution is 7.92. The van der Waals surface area contributed by atoms with Crippen molar-refractivity contribution >= 4 is 21.6 Å². The molecule has 2 atom stereocenters.